The normalized spacial score (nSPS) is 19.1. The number of nitrogens with zero attached hydrogens (tertiary/aromatic N) is 5. The molecule has 1 aromatic heterocycles. The van der Waals surface area contributed by atoms with Gasteiger partial charge < -0.3 is 15.5 Å². The minimum Gasteiger partial charge on any atom is -0.357 e. The van der Waals surface area contributed by atoms with E-state index in [2.05, 4.69) is 51.9 Å². The summed E-state index contributed by atoms with van der Waals surface area (Å²) in [5, 5.41) is 11.4. The predicted octanol–water partition coefficient (Wildman–Crippen LogP) is 1.78. The maximum absolute atomic E-state index is 11.9. The number of hydrogen-bond acceptors (Lipinski definition) is 4. The Labute approximate surface area is 177 Å². The molecule has 3 heterocycles. The second kappa shape index (κ2) is 9.28. The summed E-state index contributed by atoms with van der Waals surface area (Å²) in [6.45, 7) is 7.78. The number of aryl methyl sites for hydroxylation is 2. The third kappa shape index (κ3) is 4.98. The van der Waals surface area contributed by atoms with Crippen molar-refractivity contribution < 1.29 is 4.79 Å². The number of benzene rings is 1. The molecule has 0 saturated carbocycles. The molecule has 4 rings (SSSR count). The molecule has 160 valence electrons. The molecule has 2 N–H and O–H groups in total. The number of hydrogen-bond donors (Lipinski definition) is 2. The van der Waals surface area contributed by atoms with Crippen molar-refractivity contribution in [1.82, 2.24) is 30.3 Å². The van der Waals surface area contributed by atoms with Crippen molar-refractivity contribution in [3.8, 4) is 0 Å². The lowest BCUT2D eigenvalue weighted by Crippen LogP contribution is -2.47. The average Bonchev–Trinajstić information content (AvgIpc) is 3.30. The third-order valence-electron chi connectivity index (χ3n) is 5.60. The van der Waals surface area contributed by atoms with Crippen LogP contribution in [-0.2, 0) is 30.8 Å². The van der Waals surface area contributed by atoms with Crippen molar-refractivity contribution in [3.63, 3.8) is 0 Å². The highest BCUT2D eigenvalue weighted by Crippen LogP contribution is 2.16. The smallest absolute Gasteiger partial charge is 0.222 e. The molecule has 30 heavy (non-hydrogen) atoms. The Morgan fingerprint density at radius 2 is 2.17 bits per heavy atom. The van der Waals surface area contributed by atoms with Crippen molar-refractivity contribution in [3.05, 3.63) is 47.0 Å². The average molecular weight is 410 g/mol. The lowest BCUT2D eigenvalue weighted by atomic mass is 10.1. The van der Waals surface area contributed by atoms with Gasteiger partial charge in [-0.2, -0.15) is 5.10 Å². The summed E-state index contributed by atoms with van der Waals surface area (Å²) in [5.74, 6) is 2.99. The van der Waals surface area contributed by atoms with Gasteiger partial charge in [-0.05, 0) is 37.8 Å². The summed E-state index contributed by atoms with van der Waals surface area (Å²) in [7, 11) is 0. The van der Waals surface area contributed by atoms with Gasteiger partial charge in [0.25, 0.3) is 0 Å². The lowest BCUT2D eigenvalue weighted by molar-refractivity contribution is -0.128. The summed E-state index contributed by atoms with van der Waals surface area (Å²) >= 11 is 0. The van der Waals surface area contributed by atoms with Crippen LogP contribution in [-0.4, -0.2) is 50.7 Å². The number of likely N-dealkylation sites (tertiary alicyclic amines) is 1. The van der Waals surface area contributed by atoms with Crippen LogP contribution in [0.15, 0.2) is 29.3 Å². The topological polar surface area (TPSA) is 87.4 Å². The first-order valence-electron chi connectivity index (χ1n) is 10.9. The fraction of sp³-hybridized carbons (Fsp3) is 0.545. The van der Waals surface area contributed by atoms with Crippen molar-refractivity contribution in [2.24, 2.45) is 4.99 Å². The molecule has 1 fully saturated rings. The molecule has 8 heteroatoms. The zero-order valence-electron chi connectivity index (χ0n) is 17.9. The van der Waals surface area contributed by atoms with Crippen LogP contribution in [0.5, 0.6) is 0 Å². The van der Waals surface area contributed by atoms with Crippen LogP contribution in [0.2, 0.25) is 0 Å². The number of rotatable bonds is 6. The minimum absolute atomic E-state index is 0.260. The van der Waals surface area contributed by atoms with Crippen LogP contribution in [0, 0.1) is 6.92 Å². The Balaban J connectivity index is 1.38. The van der Waals surface area contributed by atoms with Gasteiger partial charge in [-0.1, -0.05) is 24.3 Å². The van der Waals surface area contributed by atoms with E-state index in [9.17, 15) is 4.79 Å². The van der Waals surface area contributed by atoms with E-state index in [0.717, 1.165) is 67.6 Å². The lowest BCUT2D eigenvalue weighted by Gasteiger charge is -2.25. The van der Waals surface area contributed by atoms with Gasteiger partial charge in [0.15, 0.2) is 5.96 Å². The van der Waals surface area contributed by atoms with Crippen LogP contribution >= 0.6 is 0 Å². The Hall–Kier alpha value is -2.90. The molecule has 1 aromatic carbocycles. The van der Waals surface area contributed by atoms with Crippen LogP contribution in [0.4, 0.5) is 0 Å². The summed E-state index contributed by atoms with van der Waals surface area (Å²) in [5.41, 5.74) is 2.31. The fourth-order valence-corrected chi connectivity index (χ4v) is 4.15. The van der Waals surface area contributed by atoms with Gasteiger partial charge in [0.1, 0.15) is 11.6 Å². The number of guanidine groups is 1. The highest BCUT2D eigenvalue weighted by Gasteiger charge is 2.22. The van der Waals surface area contributed by atoms with Gasteiger partial charge in [0, 0.05) is 38.5 Å². The van der Waals surface area contributed by atoms with Crippen LogP contribution < -0.4 is 10.6 Å². The molecule has 1 atom stereocenters. The van der Waals surface area contributed by atoms with E-state index in [0.29, 0.717) is 19.5 Å². The van der Waals surface area contributed by atoms with E-state index >= 15 is 0 Å². The first kappa shape index (κ1) is 20.4. The molecule has 2 aliphatic rings. The molecule has 0 aliphatic carbocycles. The van der Waals surface area contributed by atoms with Crippen molar-refractivity contribution in [1.29, 1.82) is 0 Å². The molecule has 0 spiro atoms. The number of carbonyl (C=O) groups is 1. The van der Waals surface area contributed by atoms with Crippen molar-refractivity contribution in [2.45, 2.75) is 65.2 Å². The second-order valence-electron chi connectivity index (χ2n) is 8.07. The molecule has 1 unspecified atom stereocenters. The van der Waals surface area contributed by atoms with E-state index in [4.69, 9.17) is 4.99 Å². The first-order chi connectivity index (χ1) is 14.6. The summed E-state index contributed by atoms with van der Waals surface area (Å²) < 4.78 is 2.00. The molecule has 2 aliphatic heterocycles. The van der Waals surface area contributed by atoms with Gasteiger partial charge in [0.05, 0.1) is 13.1 Å². The molecule has 8 nitrogen and oxygen atoms in total. The number of aliphatic imine (C=N–C) groups is 1. The zero-order valence-corrected chi connectivity index (χ0v) is 17.9. The molecular formula is C22H31N7O. The maximum atomic E-state index is 11.9. The van der Waals surface area contributed by atoms with E-state index in [1.54, 1.807) is 0 Å². The van der Waals surface area contributed by atoms with E-state index in [1.165, 1.54) is 0 Å². The SMILES string of the molecule is CCNC(=NCc1cccc(CN2CCCC2=O)c1)NC1CCc2nc(C)nn2C1. The maximum Gasteiger partial charge on any atom is 0.222 e. The number of fused-ring (bicyclic) bond motifs is 1. The van der Waals surface area contributed by atoms with Gasteiger partial charge in [-0.3, -0.25) is 4.79 Å². The summed E-state index contributed by atoms with van der Waals surface area (Å²) in [6, 6.07) is 8.67. The zero-order chi connectivity index (χ0) is 20.9. The molecule has 1 saturated heterocycles. The molecular weight excluding hydrogens is 378 g/mol. The Kier molecular flexibility index (Phi) is 6.30. The Bertz CT molecular complexity index is 920. The third-order valence-corrected chi connectivity index (χ3v) is 5.60. The van der Waals surface area contributed by atoms with Crippen LogP contribution in [0.3, 0.4) is 0 Å². The largest absolute Gasteiger partial charge is 0.357 e. The van der Waals surface area contributed by atoms with E-state index in [1.807, 2.05) is 16.5 Å². The van der Waals surface area contributed by atoms with Gasteiger partial charge in [0.2, 0.25) is 5.91 Å². The minimum atomic E-state index is 0.260. The van der Waals surface area contributed by atoms with Crippen LogP contribution in [0.1, 0.15) is 49.0 Å². The number of nitrogens with one attached hydrogen (secondary N) is 2. The highest BCUT2D eigenvalue weighted by atomic mass is 16.2. The standard InChI is InChI=1S/C22H31N7O/c1-3-23-22(26-19-9-10-20-25-16(2)27-29(20)15-19)24-13-17-6-4-7-18(12-17)14-28-11-5-8-21(28)30/h4,6-7,12,19H,3,5,8-11,13-15H2,1-2H3,(H2,23,24,26). The summed E-state index contributed by atoms with van der Waals surface area (Å²) in [4.78, 5) is 23.1. The van der Waals surface area contributed by atoms with Crippen LogP contribution in [0.25, 0.3) is 0 Å². The van der Waals surface area contributed by atoms with Gasteiger partial charge >= 0.3 is 0 Å². The Morgan fingerprint density at radius 3 is 2.97 bits per heavy atom. The molecule has 1 amide bonds. The number of amides is 1. The molecule has 2 aromatic rings. The fourth-order valence-electron chi connectivity index (χ4n) is 4.15. The monoisotopic (exact) mass is 409 g/mol. The first-order valence-corrected chi connectivity index (χ1v) is 10.9. The van der Waals surface area contributed by atoms with E-state index in [-0.39, 0.29) is 11.9 Å². The number of aromatic nitrogens is 3. The van der Waals surface area contributed by atoms with Gasteiger partial charge in [-0.15, -0.1) is 0 Å². The quantitative estimate of drug-likeness (QED) is 0.561. The highest BCUT2D eigenvalue weighted by molar-refractivity contribution is 5.80. The molecule has 0 bridgehead atoms. The summed E-state index contributed by atoms with van der Waals surface area (Å²) in [6.07, 6.45) is 3.59. The van der Waals surface area contributed by atoms with Crippen molar-refractivity contribution in [2.75, 3.05) is 13.1 Å². The predicted molar refractivity (Wildman–Crippen MR) is 116 cm³/mol. The van der Waals surface area contributed by atoms with Gasteiger partial charge in [-0.25, -0.2) is 14.7 Å². The van der Waals surface area contributed by atoms with Crippen molar-refractivity contribution >= 4 is 11.9 Å². The Morgan fingerprint density at radius 1 is 1.30 bits per heavy atom. The molecule has 0 radical (unpaired) electrons. The second-order valence-corrected chi connectivity index (χ2v) is 8.07. The number of carbonyl (C=O) groups excluding carboxylic acids is 1. The van der Waals surface area contributed by atoms with E-state index < -0.39 is 0 Å².